The summed E-state index contributed by atoms with van der Waals surface area (Å²) in [7, 11) is -1.44. The fourth-order valence-electron chi connectivity index (χ4n) is 2.51. The minimum absolute atomic E-state index is 0.0250. The molecular formula is C15H21NO4S. The third-order valence-corrected chi connectivity index (χ3v) is 5.49. The normalized spacial score (nSPS) is 18.8. The molecule has 0 N–H and O–H groups in total. The van der Waals surface area contributed by atoms with Gasteiger partial charge in [-0.15, -0.1) is 0 Å². The summed E-state index contributed by atoms with van der Waals surface area (Å²) < 4.78 is 28.1. The molecule has 1 atom stereocenters. The summed E-state index contributed by atoms with van der Waals surface area (Å²) in [6, 6.07) is 7.62. The summed E-state index contributed by atoms with van der Waals surface area (Å²) in [6.07, 6.45) is 2.85. The minimum atomic E-state index is -3.05. The molecule has 1 unspecified atom stereocenters. The van der Waals surface area contributed by atoms with Crippen LogP contribution in [0.5, 0.6) is 5.75 Å². The third-order valence-electron chi connectivity index (χ3n) is 3.89. The number of hydrogen-bond donors (Lipinski definition) is 0. The molecule has 0 aromatic heterocycles. The molecule has 6 heteroatoms. The fourth-order valence-corrected chi connectivity index (χ4v) is 3.49. The number of likely N-dealkylation sites (tertiary alicyclic amines) is 1. The lowest BCUT2D eigenvalue weighted by molar-refractivity contribution is -0.130. The topological polar surface area (TPSA) is 63.7 Å². The van der Waals surface area contributed by atoms with Gasteiger partial charge in [-0.25, -0.2) is 8.42 Å². The minimum Gasteiger partial charge on any atom is -0.497 e. The van der Waals surface area contributed by atoms with Gasteiger partial charge < -0.3 is 9.64 Å². The van der Waals surface area contributed by atoms with Gasteiger partial charge in [0.2, 0.25) is 5.91 Å². The van der Waals surface area contributed by atoms with Gasteiger partial charge in [-0.2, -0.15) is 0 Å². The lowest BCUT2D eigenvalue weighted by Crippen LogP contribution is -2.31. The standard InChI is InChI=1S/C15H21NO4S/c1-20-13-6-3-12(4-7-13)5-8-15(17)16-10-9-14(11-16)21(2,18)19/h3-4,6-7,14H,5,8-11H2,1-2H3. The molecule has 5 nitrogen and oxygen atoms in total. The largest absolute Gasteiger partial charge is 0.497 e. The van der Waals surface area contributed by atoms with Crippen LogP contribution < -0.4 is 4.74 Å². The van der Waals surface area contributed by atoms with Crippen LogP contribution in [0.2, 0.25) is 0 Å². The molecule has 1 saturated heterocycles. The first kappa shape index (κ1) is 15.8. The lowest BCUT2D eigenvalue weighted by Gasteiger charge is -2.16. The zero-order chi connectivity index (χ0) is 15.5. The summed E-state index contributed by atoms with van der Waals surface area (Å²) in [4.78, 5) is 13.8. The lowest BCUT2D eigenvalue weighted by atomic mass is 10.1. The average molecular weight is 311 g/mol. The number of rotatable bonds is 5. The van der Waals surface area contributed by atoms with Crippen LogP contribution in [0.3, 0.4) is 0 Å². The molecule has 1 aromatic rings. The number of amides is 1. The molecule has 0 aliphatic carbocycles. The number of ether oxygens (including phenoxy) is 1. The van der Waals surface area contributed by atoms with E-state index in [0.717, 1.165) is 11.3 Å². The van der Waals surface area contributed by atoms with E-state index < -0.39 is 15.1 Å². The molecule has 0 radical (unpaired) electrons. The number of aryl methyl sites for hydroxylation is 1. The molecule has 1 fully saturated rings. The molecule has 116 valence electrons. The van der Waals surface area contributed by atoms with Crippen molar-refractivity contribution in [1.82, 2.24) is 4.90 Å². The van der Waals surface area contributed by atoms with Gasteiger partial charge in [-0.05, 0) is 30.5 Å². The summed E-state index contributed by atoms with van der Waals surface area (Å²) in [5.74, 6) is 0.817. The summed E-state index contributed by atoms with van der Waals surface area (Å²) in [6.45, 7) is 0.874. The Morgan fingerprint density at radius 2 is 2.00 bits per heavy atom. The molecule has 2 rings (SSSR count). The molecule has 0 spiro atoms. The highest BCUT2D eigenvalue weighted by molar-refractivity contribution is 7.91. The highest BCUT2D eigenvalue weighted by Gasteiger charge is 2.32. The maximum absolute atomic E-state index is 12.1. The highest BCUT2D eigenvalue weighted by atomic mass is 32.2. The Morgan fingerprint density at radius 1 is 1.33 bits per heavy atom. The number of hydrogen-bond acceptors (Lipinski definition) is 4. The van der Waals surface area contributed by atoms with Gasteiger partial charge in [0.15, 0.2) is 9.84 Å². The molecular weight excluding hydrogens is 290 g/mol. The van der Waals surface area contributed by atoms with E-state index in [4.69, 9.17) is 4.74 Å². The molecule has 0 bridgehead atoms. The quantitative estimate of drug-likeness (QED) is 0.821. The number of nitrogens with zero attached hydrogens (tertiary/aromatic N) is 1. The number of benzene rings is 1. The summed E-state index contributed by atoms with van der Waals surface area (Å²) in [5, 5.41) is -0.401. The van der Waals surface area contributed by atoms with Crippen molar-refractivity contribution in [3.8, 4) is 5.75 Å². The number of carbonyl (C=O) groups is 1. The van der Waals surface area contributed by atoms with Crippen LogP contribution in [-0.2, 0) is 21.1 Å². The Hall–Kier alpha value is -1.56. The van der Waals surface area contributed by atoms with E-state index in [2.05, 4.69) is 0 Å². The molecule has 21 heavy (non-hydrogen) atoms. The van der Waals surface area contributed by atoms with E-state index in [1.165, 1.54) is 6.26 Å². The van der Waals surface area contributed by atoms with Crippen LogP contribution in [0, 0.1) is 0 Å². The number of methoxy groups -OCH3 is 1. The zero-order valence-corrected chi connectivity index (χ0v) is 13.2. The first-order valence-corrected chi connectivity index (χ1v) is 8.95. The van der Waals surface area contributed by atoms with Gasteiger partial charge in [-0.3, -0.25) is 4.79 Å². The first-order valence-electron chi connectivity index (χ1n) is 6.99. The summed E-state index contributed by atoms with van der Waals surface area (Å²) in [5.41, 5.74) is 1.07. The molecule has 1 aliphatic heterocycles. The van der Waals surface area contributed by atoms with Crippen molar-refractivity contribution < 1.29 is 17.9 Å². The smallest absolute Gasteiger partial charge is 0.222 e. The van der Waals surface area contributed by atoms with E-state index in [1.807, 2.05) is 24.3 Å². The van der Waals surface area contributed by atoms with E-state index in [-0.39, 0.29) is 5.91 Å². The van der Waals surface area contributed by atoms with Gasteiger partial charge in [-0.1, -0.05) is 12.1 Å². The fraction of sp³-hybridized carbons (Fsp3) is 0.533. The SMILES string of the molecule is COc1ccc(CCC(=O)N2CCC(S(C)(=O)=O)C2)cc1. The predicted octanol–water partition coefficient (Wildman–Crippen LogP) is 1.27. The van der Waals surface area contributed by atoms with Crippen LogP contribution >= 0.6 is 0 Å². The maximum atomic E-state index is 12.1. The van der Waals surface area contributed by atoms with E-state index >= 15 is 0 Å². The second kappa shape index (κ2) is 6.47. The molecule has 0 saturated carbocycles. The van der Waals surface area contributed by atoms with Crippen LogP contribution in [0.15, 0.2) is 24.3 Å². The maximum Gasteiger partial charge on any atom is 0.222 e. The molecule has 1 amide bonds. The van der Waals surface area contributed by atoms with Gasteiger partial charge in [0, 0.05) is 25.8 Å². The van der Waals surface area contributed by atoms with Crippen molar-refractivity contribution in [1.29, 1.82) is 0 Å². The monoisotopic (exact) mass is 311 g/mol. The van der Waals surface area contributed by atoms with Crippen LogP contribution in [0.1, 0.15) is 18.4 Å². The van der Waals surface area contributed by atoms with Crippen LogP contribution in [-0.4, -0.2) is 50.9 Å². The second-order valence-electron chi connectivity index (χ2n) is 5.43. The highest BCUT2D eigenvalue weighted by Crippen LogP contribution is 2.18. The van der Waals surface area contributed by atoms with Gasteiger partial charge in [0.1, 0.15) is 5.75 Å². The van der Waals surface area contributed by atoms with E-state index in [0.29, 0.717) is 32.4 Å². The van der Waals surface area contributed by atoms with Crippen molar-refractivity contribution in [2.45, 2.75) is 24.5 Å². The summed E-state index contributed by atoms with van der Waals surface area (Å²) >= 11 is 0. The van der Waals surface area contributed by atoms with Crippen molar-refractivity contribution in [2.75, 3.05) is 26.5 Å². The Bertz CT molecular complexity index is 595. The molecule has 1 heterocycles. The van der Waals surface area contributed by atoms with Crippen LogP contribution in [0.25, 0.3) is 0 Å². The van der Waals surface area contributed by atoms with Gasteiger partial charge in [0.05, 0.1) is 12.4 Å². The van der Waals surface area contributed by atoms with E-state index in [9.17, 15) is 13.2 Å². The number of carbonyl (C=O) groups excluding carboxylic acids is 1. The van der Waals surface area contributed by atoms with Gasteiger partial charge in [0.25, 0.3) is 0 Å². The Morgan fingerprint density at radius 3 is 2.52 bits per heavy atom. The predicted molar refractivity (Wildman–Crippen MR) is 81.1 cm³/mol. The van der Waals surface area contributed by atoms with Crippen molar-refractivity contribution >= 4 is 15.7 Å². The van der Waals surface area contributed by atoms with Crippen LogP contribution in [0.4, 0.5) is 0 Å². The third kappa shape index (κ3) is 4.20. The number of sulfone groups is 1. The Labute approximate surface area is 125 Å². The average Bonchev–Trinajstić information content (AvgIpc) is 2.95. The zero-order valence-electron chi connectivity index (χ0n) is 12.4. The molecule has 1 aromatic carbocycles. The second-order valence-corrected chi connectivity index (χ2v) is 7.75. The van der Waals surface area contributed by atoms with Gasteiger partial charge >= 0.3 is 0 Å². The Balaban J connectivity index is 1.85. The van der Waals surface area contributed by atoms with Crippen molar-refractivity contribution in [3.63, 3.8) is 0 Å². The first-order chi connectivity index (χ1) is 9.90. The Kier molecular flexibility index (Phi) is 4.88. The van der Waals surface area contributed by atoms with E-state index in [1.54, 1.807) is 12.0 Å². The van der Waals surface area contributed by atoms with Crippen molar-refractivity contribution in [2.24, 2.45) is 0 Å². The van der Waals surface area contributed by atoms with Crippen molar-refractivity contribution in [3.05, 3.63) is 29.8 Å². The molecule has 1 aliphatic rings.